The van der Waals surface area contributed by atoms with Crippen molar-refractivity contribution >= 4 is 0 Å². The molecule has 0 radical (unpaired) electrons. The molecule has 0 spiro atoms. The van der Waals surface area contributed by atoms with Crippen molar-refractivity contribution in [1.82, 2.24) is 4.98 Å². The maximum atomic E-state index is 13.0. The van der Waals surface area contributed by atoms with Crippen molar-refractivity contribution < 1.29 is 4.39 Å². The van der Waals surface area contributed by atoms with E-state index in [-0.39, 0.29) is 11.9 Å². The van der Waals surface area contributed by atoms with Gasteiger partial charge >= 0.3 is 0 Å². The lowest BCUT2D eigenvalue weighted by atomic mass is 9.78. The third kappa shape index (κ3) is 2.59. The van der Waals surface area contributed by atoms with Gasteiger partial charge in [0.25, 0.3) is 0 Å². The summed E-state index contributed by atoms with van der Waals surface area (Å²) < 4.78 is 13.0. The molecule has 2 nitrogen and oxygen atoms in total. The number of aromatic nitrogens is 1. The van der Waals surface area contributed by atoms with Crippen LogP contribution in [0.15, 0.2) is 18.5 Å². The molecule has 16 heavy (non-hydrogen) atoms. The monoisotopic (exact) mass is 222 g/mol. The summed E-state index contributed by atoms with van der Waals surface area (Å²) in [6.07, 6.45) is 7.69. The maximum absolute atomic E-state index is 13.0. The first-order chi connectivity index (χ1) is 7.66. The van der Waals surface area contributed by atoms with Crippen LogP contribution in [0, 0.1) is 17.7 Å². The van der Waals surface area contributed by atoms with Gasteiger partial charge in [-0.2, -0.15) is 0 Å². The van der Waals surface area contributed by atoms with Crippen molar-refractivity contribution in [3.05, 3.63) is 29.8 Å². The summed E-state index contributed by atoms with van der Waals surface area (Å²) in [5.74, 6) is 1.01. The Labute approximate surface area is 96.1 Å². The van der Waals surface area contributed by atoms with Gasteiger partial charge in [-0.05, 0) is 36.3 Å². The number of hydrogen-bond donors (Lipinski definition) is 1. The Balaban J connectivity index is 2.04. The van der Waals surface area contributed by atoms with Crippen LogP contribution >= 0.6 is 0 Å². The van der Waals surface area contributed by atoms with Gasteiger partial charge in [0.15, 0.2) is 0 Å². The van der Waals surface area contributed by atoms with Crippen molar-refractivity contribution in [2.75, 3.05) is 0 Å². The van der Waals surface area contributed by atoms with E-state index in [1.165, 1.54) is 25.1 Å². The highest BCUT2D eigenvalue weighted by atomic mass is 19.1. The molecule has 1 aromatic heterocycles. The highest BCUT2D eigenvalue weighted by Gasteiger charge is 2.24. The summed E-state index contributed by atoms with van der Waals surface area (Å²) in [6, 6.07) is 1.45. The first-order valence-corrected chi connectivity index (χ1v) is 6.03. The fraction of sp³-hybridized carbons (Fsp3) is 0.615. The second-order valence-electron chi connectivity index (χ2n) is 4.98. The molecule has 88 valence electrons. The van der Waals surface area contributed by atoms with Crippen LogP contribution in [0.3, 0.4) is 0 Å². The summed E-state index contributed by atoms with van der Waals surface area (Å²) in [7, 11) is 0. The van der Waals surface area contributed by atoms with Crippen LogP contribution in [0.5, 0.6) is 0 Å². The Morgan fingerprint density at radius 1 is 1.31 bits per heavy atom. The smallest absolute Gasteiger partial charge is 0.141 e. The van der Waals surface area contributed by atoms with E-state index >= 15 is 0 Å². The zero-order valence-electron chi connectivity index (χ0n) is 9.70. The molecule has 0 bridgehead atoms. The number of pyridine rings is 1. The number of nitrogens with zero attached hydrogens (tertiary/aromatic N) is 1. The molecule has 0 saturated heterocycles. The van der Waals surface area contributed by atoms with Gasteiger partial charge < -0.3 is 5.73 Å². The molecule has 1 saturated carbocycles. The minimum Gasteiger partial charge on any atom is -0.324 e. The molecule has 3 heteroatoms. The maximum Gasteiger partial charge on any atom is 0.141 e. The van der Waals surface area contributed by atoms with Crippen LogP contribution in [-0.2, 0) is 0 Å². The Morgan fingerprint density at radius 3 is 2.62 bits per heavy atom. The topological polar surface area (TPSA) is 38.9 Å². The molecule has 0 aliphatic heterocycles. The second-order valence-corrected chi connectivity index (χ2v) is 4.98. The number of halogens is 1. The first-order valence-electron chi connectivity index (χ1n) is 6.03. The molecule has 0 amide bonds. The van der Waals surface area contributed by atoms with E-state index in [1.807, 2.05) is 0 Å². The molecule has 1 aliphatic carbocycles. The normalized spacial score (nSPS) is 27.7. The van der Waals surface area contributed by atoms with Crippen LogP contribution in [0.25, 0.3) is 0 Å². The van der Waals surface area contributed by atoms with Gasteiger partial charge in [-0.1, -0.05) is 19.8 Å². The van der Waals surface area contributed by atoms with E-state index in [0.717, 1.165) is 24.3 Å². The summed E-state index contributed by atoms with van der Waals surface area (Å²) in [5, 5.41) is 0. The Bertz CT molecular complexity index is 346. The molecule has 0 aromatic carbocycles. The first kappa shape index (κ1) is 11.5. The van der Waals surface area contributed by atoms with E-state index in [2.05, 4.69) is 11.9 Å². The third-order valence-corrected chi connectivity index (χ3v) is 3.68. The lowest BCUT2D eigenvalue weighted by Crippen LogP contribution is -2.25. The van der Waals surface area contributed by atoms with Crippen LogP contribution in [-0.4, -0.2) is 4.98 Å². The zero-order valence-corrected chi connectivity index (χ0v) is 9.70. The van der Waals surface area contributed by atoms with Crippen LogP contribution in [0.2, 0.25) is 0 Å². The minimum absolute atomic E-state index is 0.0595. The van der Waals surface area contributed by atoms with E-state index in [1.54, 1.807) is 6.20 Å². The molecule has 2 N–H and O–H groups in total. The van der Waals surface area contributed by atoms with Crippen molar-refractivity contribution in [2.45, 2.75) is 38.6 Å². The standard InChI is InChI=1S/C13H19FN2/c1-9-2-4-10(5-3-9)13(15)11-6-12(14)8-16-7-11/h6-10,13H,2-5,15H2,1H3. The predicted octanol–water partition coefficient (Wildman–Crippen LogP) is 3.05. The largest absolute Gasteiger partial charge is 0.324 e. The highest BCUT2D eigenvalue weighted by Crippen LogP contribution is 2.35. The Hall–Kier alpha value is -0.960. The quantitative estimate of drug-likeness (QED) is 0.835. The molecular formula is C13H19FN2. The molecule has 1 aliphatic rings. The lowest BCUT2D eigenvalue weighted by Gasteiger charge is -2.30. The van der Waals surface area contributed by atoms with Gasteiger partial charge in [0.1, 0.15) is 5.82 Å². The number of nitrogens with two attached hydrogens (primary N) is 1. The van der Waals surface area contributed by atoms with Crippen molar-refractivity contribution in [3.63, 3.8) is 0 Å². The van der Waals surface area contributed by atoms with Gasteiger partial charge in [-0.25, -0.2) is 4.39 Å². The average Bonchev–Trinajstić information content (AvgIpc) is 2.29. The molecule has 1 atom stereocenters. The van der Waals surface area contributed by atoms with Gasteiger partial charge in [-0.3, -0.25) is 4.98 Å². The van der Waals surface area contributed by atoms with E-state index in [0.29, 0.717) is 5.92 Å². The van der Waals surface area contributed by atoms with Crippen LogP contribution in [0.4, 0.5) is 4.39 Å². The molecule has 2 rings (SSSR count). The van der Waals surface area contributed by atoms with Crippen LogP contribution in [0.1, 0.15) is 44.2 Å². The zero-order chi connectivity index (χ0) is 11.5. The third-order valence-electron chi connectivity index (χ3n) is 3.68. The summed E-state index contributed by atoms with van der Waals surface area (Å²) >= 11 is 0. The molecule has 1 unspecified atom stereocenters. The number of hydrogen-bond acceptors (Lipinski definition) is 2. The Morgan fingerprint density at radius 2 is 2.00 bits per heavy atom. The lowest BCUT2D eigenvalue weighted by molar-refractivity contribution is 0.255. The van der Waals surface area contributed by atoms with Crippen molar-refractivity contribution in [1.29, 1.82) is 0 Å². The summed E-state index contributed by atoms with van der Waals surface area (Å²) in [5.41, 5.74) is 7.01. The van der Waals surface area contributed by atoms with Gasteiger partial charge in [0.2, 0.25) is 0 Å². The molecule has 1 aromatic rings. The molecule has 1 fully saturated rings. The SMILES string of the molecule is CC1CCC(C(N)c2cncc(F)c2)CC1. The van der Waals surface area contributed by atoms with Crippen molar-refractivity contribution in [3.8, 4) is 0 Å². The van der Waals surface area contributed by atoms with Gasteiger partial charge in [0.05, 0.1) is 6.20 Å². The summed E-state index contributed by atoms with van der Waals surface area (Å²) in [4.78, 5) is 3.86. The van der Waals surface area contributed by atoms with E-state index in [9.17, 15) is 4.39 Å². The number of rotatable bonds is 2. The second kappa shape index (κ2) is 4.91. The fourth-order valence-electron chi connectivity index (χ4n) is 2.53. The molecular weight excluding hydrogens is 203 g/mol. The van der Waals surface area contributed by atoms with Gasteiger partial charge in [-0.15, -0.1) is 0 Å². The van der Waals surface area contributed by atoms with Gasteiger partial charge in [0, 0.05) is 12.2 Å². The van der Waals surface area contributed by atoms with E-state index in [4.69, 9.17) is 5.73 Å². The minimum atomic E-state index is -0.294. The predicted molar refractivity (Wildman–Crippen MR) is 62.2 cm³/mol. The average molecular weight is 222 g/mol. The fourth-order valence-corrected chi connectivity index (χ4v) is 2.53. The van der Waals surface area contributed by atoms with E-state index < -0.39 is 0 Å². The molecule has 1 heterocycles. The highest BCUT2D eigenvalue weighted by molar-refractivity contribution is 5.15. The van der Waals surface area contributed by atoms with Crippen molar-refractivity contribution in [2.24, 2.45) is 17.6 Å². The van der Waals surface area contributed by atoms with Crippen LogP contribution < -0.4 is 5.73 Å². The summed E-state index contributed by atoms with van der Waals surface area (Å²) in [6.45, 7) is 2.28. The Kier molecular flexibility index (Phi) is 3.54.